The van der Waals surface area contributed by atoms with E-state index in [0.717, 1.165) is 25.9 Å². The molecule has 0 unspecified atom stereocenters. The lowest BCUT2D eigenvalue weighted by atomic mass is 10.1. The predicted molar refractivity (Wildman–Crippen MR) is 93.7 cm³/mol. The van der Waals surface area contributed by atoms with Gasteiger partial charge < -0.3 is 15.5 Å². The van der Waals surface area contributed by atoms with Gasteiger partial charge in [-0.05, 0) is 57.2 Å². The summed E-state index contributed by atoms with van der Waals surface area (Å²) in [6, 6.07) is 5.81. The molecule has 1 fully saturated rings. The van der Waals surface area contributed by atoms with Crippen molar-refractivity contribution in [2.45, 2.75) is 23.8 Å². The highest BCUT2D eigenvalue weighted by Crippen LogP contribution is 2.13. The molecule has 0 atom stereocenters. The van der Waals surface area contributed by atoms with Gasteiger partial charge in [-0.15, -0.1) is 0 Å². The minimum Gasteiger partial charge on any atom is -0.337 e. The molecule has 2 amide bonds. The molecule has 9 heteroatoms. The third kappa shape index (κ3) is 5.94. The molecular formula is C15H23ClN4O3S. The summed E-state index contributed by atoms with van der Waals surface area (Å²) in [5.74, 6) is 0. The first kappa shape index (κ1) is 19.0. The Hall–Kier alpha value is -1.35. The third-order valence-corrected chi connectivity index (χ3v) is 5.61. The van der Waals surface area contributed by atoms with Crippen molar-refractivity contribution in [3.8, 4) is 0 Å². The summed E-state index contributed by atoms with van der Waals surface area (Å²) in [5.41, 5.74) is 0. The molecule has 1 aromatic rings. The lowest BCUT2D eigenvalue weighted by Crippen LogP contribution is -2.48. The fourth-order valence-electron chi connectivity index (χ4n) is 2.45. The summed E-state index contributed by atoms with van der Waals surface area (Å²) >= 11 is 5.74. The number of nitrogens with one attached hydrogen (secondary N) is 3. The largest absolute Gasteiger partial charge is 0.337 e. The number of hydrogen-bond donors (Lipinski definition) is 3. The van der Waals surface area contributed by atoms with Crippen molar-refractivity contribution >= 4 is 27.7 Å². The first-order valence-electron chi connectivity index (χ1n) is 7.85. The van der Waals surface area contributed by atoms with E-state index in [2.05, 4.69) is 27.3 Å². The lowest BCUT2D eigenvalue weighted by Gasteiger charge is -2.29. The number of rotatable bonds is 6. The molecule has 2 rings (SSSR count). The fraction of sp³-hybridized carbons (Fsp3) is 0.533. The van der Waals surface area contributed by atoms with Crippen LogP contribution < -0.4 is 15.4 Å². The van der Waals surface area contributed by atoms with Gasteiger partial charge in [-0.3, -0.25) is 0 Å². The minimum absolute atomic E-state index is 0.117. The number of likely N-dealkylation sites (tertiary alicyclic amines) is 1. The van der Waals surface area contributed by atoms with Crippen LogP contribution in [0.3, 0.4) is 0 Å². The van der Waals surface area contributed by atoms with Gasteiger partial charge in [-0.25, -0.2) is 17.9 Å². The monoisotopic (exact) mass is 374 g/mol. The van der Waals surface area contributed by atoms with Crippen LogP contribution >= 0.6 is 11.6 Å². The van der Waals surface area contributed by atoms with Gasteiger partial charge in [0.1, 0.15) is 0 Å². The number of carbonyl (C=O) groups excluding carboxylic acids is 1. The van der Waals surface area contributed by atoms with E-state index in [4.69, 9.17) is 11.6 Å². The Kier molecular flexibility index (Phi) is 6.85. The first-order valence-corrected chi connectivity index (χ1v) is 9.71. The summed E-state index contributed by atoms with van der Waals surface area (Å²) in [7, 11) is -1.54. The SMILES string of the molecule is CN1CCC(NC(=O)NCCNS(=O)(=O)c2ccc(Cl)cc2)CC1. The van der Waals surface area contributed by atoms with Gasteiger partial charge >= 0.3 is 6.03 Å². The Morgan fingerprint density at radius 1 is 1.21 bits per heavy atom. The predicted octanol–water partition coefficient (Wildman–Crippen LogP) is 1.01. The zero-order valence-electron chi connectivity index (χ0n) is 13.6. The molecule has 1 aliphatic rings. The normalized spacial score (nSPS) is 16.8. The number of urea groups is 1. The van der Waals surface area contributed by atoms with E-state index >= 15 is 0 Å². The second-order valence-corrected chi connectivity index (χ2v) is 8.03. The smallest absolute Gasteiger partial charge is 0.315 e. The molecule has 1 saturated heterocycles. The number of benzene rings is 1. The minimum atomic E-state index is -3.59. The molecule has 134 valence electrons. The van der Waals surface area contributed by atoms with Crippen molar-refractivity contribution < 1.29 is 13.2 Å². The number of sulfonamides is 1. The number of hydrogen-bond acceptors (Lipinski definition) is 4. The summed E-state index contributed by atoms with van der Waals surface area (Å²) in [6.07, 6.45) is 1.85. The number of piperidine rings is 1. The molecule has 0 saturated carbocycles. The van der Waals surface area contributed by atoms with Crippen LogP contribution in [0.5, 0.6) is 0 Å². The number of halogens is 1. The number of amides is 2. The van der Waals surface area contributed by atoms with E-state index in [1.807, 2.05) is 0 Å². The van der Waals surface area contributed by atoms with Crippen molar-refractivity contribution in [2.24, 2.45) is 0 Å². The van der Waals surface area contributed by atoms with Gasteiger partial charge in [-0.1, -0.05) is 11.6 Å². The van der Waals surface area contributed by atoms with Crippen molar-refractivity contribution in [1.82, 2.24) is 20.3 Å². The Bertz CT molecular complexity index is 643. The zero-order valence-corrected chi connectivity index (χ0v) is 15.2. The zero-order chi connectivity index (χ0) is 17.6. The standard InChI is InChI=1S/C15H23ClN4O3S/c1-20-10-6-13(7-11-20)19-15(21)17-8-9-18-24(22,23)14-4-2-12(16)3-5-14/h2-5,13,18H,6-11H2,1H3,(H2,17,19,21). The van der Waals surface area contributed by atoms with Crippen LogP contribution in [0.25, 0.3) is 0 Å². The third-order valence-electron chi connectivity index (χ3n) is 3.88. The number of nitrogens with zero attached hydrogens (tertiary/aromatic N) is 1. The van der Waals surface area contributed by atoms with Gasteiger partial charge in [0.15, 0.2) is 0 Å². The highest BCUT2D eigenvalue weighted by molar-refractivity contribution is 7.89. The van der Waals surface area contributed by atoms with Crippen molar-refractivity contribution in [3.05, 3.63) is 29.3 Å². The highest BCUT2D eigenvalue weighted by atomic mass is 35.5. The first-order chi connectivity index (χ1) is 11.4. The molecule has 1 heterocycles. The highest BCUT2D eigenvalue weighted by Gasteiger charge is 2.18. The van der Waals surface area contributed by atoms with E-state index < -0.39 is 10.0 Å². The van der Waals surface area contributed by atoms with Crippen LogP contribution in [0.15, 0.2) is 29.2 Å². The van der Waals surface area contributed by atoms with Gasteiger partial charge in [0.05, 0.1) is 4.90 Å². The fourth-order valence-corrected chi connectivity index (χ4v) is 3.61. The molecule has 1 aromatic carbocycles. The Balaban J connectivity index is 1.68. The van der Waals surface area contributed by atoms with E-state index in [1.165, 1.54) is 24.3 Å². The van der Waals surface area contributed by atoms with Crippen LogP contribution in [0.2, 0.25) is 5.02 Å². The molecule has 1 aliphatic heterocycles. The molecule has 0 spiro atoms. The summed E-state index contributed by atoms with van der Waals surface area (Å²) in [4.78, 5) is 14.2. The quantitative estimate of drug-likeness (QED) is 0.648. The molecule has 24 heavy (non-hydrogen) atoms. The molecule has 0 aliphatic carbocycles. The second kappa shape index (κ2) is 8.66. The van der Waals surface area contributed by atoms with Crippen LogP contribution in [-0.2, 0) is 10.0 Å². The molecule has 7 nitrogen and oxygen atoms in total. The Labute approximate surface area is 147 Å². The van der Waals surface area contributed by atoms with Gasteiger partial charge in [0, 0.05) is 24.2 Å². The van der Waals surface area contributed by atoms with Gasteiger partial charge in [0.2, 0.25) is 10.0 Å². The Morgan fingerprint density at radius 3 is 2.46 bits per heavy atom. The van der Waals surface area contributed by atoms with Crippen molar-refractivity contribution in [2.75, 3.05) is 33.2 Å². The van der Waals surface area contributed by atoms with Gasteiger partial charge in [-0.2, -0.15) is 0 Å². The molecule has 0 radical (unpaired) electrons. The second-order valence-electron chi connectivity index (χ2n) is 5.83. The van der Waals surface area contributed by atoms with Crippen molar-refractivity contribution in [1.29, 1.82) is 0 Å². The topological polar surface area (TPSA) is 90.5 Å². The lowest BCUT2D eigenvalue weighted by molar-refractivity contribution is 0.214. The molecule has 0 bridgehead atoms. The molecule has 3 N–H and O–H groups in total. The molecule has 0 aromatic heterocycles. The maximum atomic E-state index is 12.0. The average molecular weight is 375 g/mol. The average Bonchev–Trinajstić information content (AvgIpc) is 2.54. The van der Waals surface area contributed by atoms with Crippen LogP contribution in [0.4, 0.5) is 4.79 Å². The Morgan fingerprint density at radius 2 is 1.83 bits per heavy atom. The van der Waals surface area contributed by atoms with E-state index in [0.29, 0.717) is 5.02 Å². The summed E-state index contributed by atoms with van der Waals surface area (Å²) in [5, 5.41) is 6.04. The van der Waals surface area contributed by atoms with Gasteiger partial charge in [0.25, 0.3) is 0 Å². The van der Waals surface area contributed by atoms with Crippen molar-refractivity contribution in [3.63, 3.8) is 0 Å². The maximum absolute atomic E-state index is 12.0. The number of carbonyl (C=O) groups is 1. The maximum Gasteiger partial charge on any atom is 0.315 e. The van der Waals surface area contributed by atoms with E-state index in [1.54, 1.807) is 0 Å². The van der Waals surface area contributed by atoms with Crippen LogP contribution in [-0.4, -0.2) is 58.6 Å². The van der Waals surface area contributed by atoms with Crippen LogP contribution in [0, 0.1) is 0 Å². The molecular weight excluding hydrogens is 352 g/mol. The van der Waals surface area contributed by atoms with Crippen LogP contribution in [0.1, 0.15) is 12.8 Å². The van der Waals surface area contributed by atoms with E-state index in [-0.39, 0.29) is 30.1 Å². The summed E-state index contributed by atoms with van der Waals surface area (Å²) in [6.45, 7) is 2.26. The van der Waals surface area contributed by atoms with E-state index in [9.17, 15) is 13.2 Å². The summed E-state index contributed by atoms with van der Waals surface area (Å²) < 4.78 is 26.5.